The molecule has 1 N–H and O–H groups in total. The highest BCUT2D eigenvalue weighted by molar-refractivity contribution is 5.28. The van der Waals surface area contributed by atoms with E-state index in [1.165, 1.54) is 18.2 Å². The second-order valence-electron chi connectivity index (χ2n) is 4.73. The van der Waals surface area contributed by atoms with Crippen LogP contribution in [0.5, 0.6) is 5.75 Å². The van der Waals surface area contributed by atoms with E-state index in [2.05, 4.69) is 10.2 Å². The van der Waals surface area contributed by atoms with Crippen LogP contribution in [0.15, 0.2) is 24.3 Å². The number of ether oxygens (including phenoxy) is 1. The highest BCUT2D eigenvalue weighted by Crippen LogP contribution is 2.23. The molecule has 6 heteroatoms. The average Bonchev–Trinajstić information content (AvgIpc) is 2.13. The number of halogens is 3. The maximum atomic E-state index is 12.0. The van der Waals surface area contributed by atoms with Crippen molar-refractivity contribution in [1.82, 2.24) is 5.48 Å². The Morgan fingerprint density at radius 2 is 1.83 bits per heavy atom. The topological polar surface area (TPSA) is 30.5 Å². The lowest BCUT2D eigenvalue weighted by Crippen LogP contribution is -2.28. The van der Waals surface area contributed by atoms with E-state index in [1.807, 2.05) is 20.8 Å². The third kappa shape index (κ3) is 6.46. The summed E-state index contributed by atoms with van der Waals surface area (Å²) in [6.07, 6.45) is -4.67. The van der Waals surface area contributed by atoms with Gasteiger partial charge in [-0.2, -0.15) is 5.48 Å². The van der Waals surface area contributed by atoms with Gasteiger partial charge in [0.15, 0.2) is 0 Å². The molecule has 0 saturated carbocycles. The largest absolute Gasteiger partial charge is 0.573 e. The first kappa shape index (κ1) is 14.8. The van der Waals surface area contributed by atoms with Crippen LogP contribution in [0.3, 0.4) is 0 Å². The van der Waals surface area contributed by atoms with Crippen molar-refractivity contribution in [3.63, 3.8) is 0 Å². The number of benzene rings is 1. The lowest BCUT2D eigenvalue weighted by molar-refractivity contribution is -0.274. The minimum absolute atomic E-state index is 0.238. The molecule has 0 spiro atoms. The first-order valence-electron chi connectivity index (χ1n) is 5.41. The zero-order valence-electron chi connectivity index (χ0n) is 10.5. The molecule has 0 unspecified atom stereocenters. The average molecular weight is 263 g/mol. The van der Waals surface area contributed by atoms with Gasteiger partial charge in [0.05, 0.1) is 5.60 Å². The molecule has 0 radical (unpaired) electrons. The van der Waals surface area contributed by atoms with Crippen LogP contribution in [-0.4, -0.2) is 12.0 Å². The van der Waals surface area contributed by atoms with Gasteiger partial charge in [0.2, 0.25) is 0 Å². The summed E-state index contributed by atoms with van der Waals surface area (Å²) in [5.74, 6) is -0.238. The minimum atomic E-state index is -4.67. The Kier molecular flexibility index (Phi) is 4.59. The van der Waals surface area contributed by atoms with Gasteiger partial charge < -0.3 is 4.74 Å². The molecule has 0 fully saturated rings. The Morgan fingerprint density at radius 3 is 2.39 bits per heavy atom. The molecule has 0 aliphatic carbocycles. The van der Waals surface area contributed by atoms with Gasteiger partial charge in [-0.15, -0.1) is 13.2 Å². The molecule has 1 aromatic rings. The van der Waals surface area contributed by atoms with Crippen LogP contribution in [0.2, 0.25) is 0 Å². The van der Waals surface area contributed by atoms with E-state index < -0.39 is 6.36 Å². The Morgan fingerprint density at radius 1 is 1.17 bits per heavy atom. The van der Waals surface area contributed by atoms with Gasteiger partial charge in [-0.3, -0.25) is 4.84 Å². The van der Waals surface area contributed by atoms with Gasteiger partial charge in [-0.1, -0.05) is 12.1 Å². The fourth-order valence-electron chi connectivity index (χ4n) is 1.19. The van der Waals surface area contributed by atoms with Crippen LogP contribution in [0.4, 0.5) is 13.2 Å². The Labute approximate surface area is 104 Å². The summed E-state index contributed by atoms with van der Waals surface area (Å²) >= 11 is 0. The summed E-state index contributed by atoms with van der Waals surface area (Å²) in [7, 11) is 0. The fourth-order valence-corrected chi connectivity index (χ4v) is 1.19. The molecule has 0 aliphatic heterocycles. The van der Waals surface area contributed by atoms with E-state index in [1.54, 1.807) is 6.07 Å². The monoisotopic (exact) mass is 263 g/mol. The van der Waals surface area contributed by atoms with Crippen molar-refractivity contribution in [3.05, 3.63) is 29.8 Å². The summed E-state index contributed by atoms with van der Waals surface area (Å²) in [6, 6.07) is 5.74. The van der Waals surface area contributed by atoms with E-state index in [0.717, 1.165) is 0 Å². The molecule has 0 heterocycles. The molecule has 0 aliphatic rings. The minimum Gasteiger partial charge on any atom is -0.406 e. The maximum absolute atomic E-state index is 12.0. The Balaban J connectivity index is 2.55. The van der Waals surface area contributed by atoms with Crippen molar-refractivity contribution in [2.24, 2.45) is 0 Å². The van der Waals surface area contributed by atoms with Crippen LogP contribution in [-0.2, 0) is 11.4 Å². The van der Waals surface area contributed by atoms with E-state index in [9.17, 15) is 13.2 Å². The van der Waals surface area contributed by atoms with Crippen molar-refractivity contribution >= 4 is 0 Å². The first-order valence-corrected chi connectivity index (χ1v) is 5.41. The number of nitrogens with one attached hydrogen (secondary N) is 1. The molecule has 3 nitrogen and oxygen atoms in total. The van der Waals surface area contributed by atoms with E-state index in [0.29, 0.717) is 12.1 Å². The first-order chi connectivity index (χ1) is 8.16. The zero-order chi connectivity index (χ0) is 13.8. The molecular weight excluding hydrogens is 247 g/mol. The second-order valence-corrected chi connectivity index (χ2v) is 4.73. The Bertz CT molecular complexity index is 386. The van der Waals surface area contributed by atoms with Gasteiger partial charge in [0, 0.05) is 6.54 Å². The number of hydroxylamine groups is 1. The number of rotatable bonds is 4. The van der Waals surface area contributed by atoms with Gasteiger partial charge in [-0.05, 0) is 38.5 Å². The third-order valence-electron chi connectivity index (χ3n) is 1.79. The van der Waals surface area contributed by atoms with Gasteiger partial charge >= 0.3 is 6.36 Å². The van der Waals surface area contributed by atoms with Crippen LogP contribution in [0, 0.1) is 0 Å². The van der Waals surface area contributed by atoms with Crippen molar-refractivity contribution in [2.45, 2.75) is 39.3 Å². The fraction of sp³-hybridized carbons (Fsp3) is 0.500. The smallest absolute Gasteiger partial charge is 0.406 e. The van der Waals surface area contributed by atoms with E-state index in [-0.39, 0.29) is 11.4 Å². The summed E-state index contributed by atoms with van der Waals surface area (Å²) in [6.45, 7) is 5.89. The highest BCUT2D eigenvalue weighted by Gasteiger charge is 2.31. The van der Waals surface area contributed by atoms with Crippen LogP contribution < -0.4 is 10.2 Å². The maximum Gasteiger partial charge on any atom is 0.573 e. The van der Waals surface area contributed by atoms with Crippen molar-refractivity contribution < 1.29 is 22.7 Å². The quantitative estimate of drug-likeness (QED) is 0.844. The Hall–Kier alpha value is -1.27. The molecule has 0 atom stereocenters. The lowest BCUT2D eigenvalue weighted by atomic mass is 10.2. The van der Waals surface area contributed by atoms with Crippen LogP contribution in [0.25, 0.3) is 0 Å². The van der Waals surface area contributed by atoms with Crippen molar-refractivity contribution in [1.29, 1.82) is 0 Å². The summed E-state index contributed by atoms with van der Waals surface area (Å²) in [5, 5.41) is 0. The molecule has 0 aromatic heterocycles. The normalized spacial score (nSPS) is 12.6. The lowest BCUT2D eigenvalue weighted by Gasteiger charge is -2.19. The van der Waals surface area contributed by atoms with Crippen LogP contribution >= 0.6 is 0 Å². The molecular formula is C12H16F3NO2. The predicted octanol–water partition coefficient (Wildman–Crippen LogP) is 3.40. The molecule has 0 saturated heterocycles. The van der Waals surface area contributed by atoms with Crippen LogP contribution in [0.1, 0.15) is 26.3 Å². The molecule has 0 bridgehead atoms. The summed E-state index contributed by atoms with van der Waals surface area (Å²) in [4.78, 5) is 5.26. The van der Waals surface area contributed by atoms with Crippen molar-refractivity contribution in [2.75, 3.05) is 0 Å². The standard InChI is InChI=1S/C12H16F3NO2/c1-11(2,3)18-16-8-9-5-4-6-10(7-9)17-12(13,14)15/h4-7,16H,8H2,1-3H3. The molecule has 18 heavy (non-hydrogen) atoms. The van der Waals surface area contributed by atoms with Crippen molar-refractivity contribution in [3.8, 4) is 5.75 Å². The molecule has 102 valence electrons. The number of hydrogen-bond acceptors (Lipinski definition) is 3. The molecule has 1 aromatic carbocycles. The van der Waals surface area contributed by atoms with Gasteiger partial charge in [-0.25, -0.2) is 0 Å². The zero-order valence-corrected chi connectivity index (χ0v) is 10.5. The number of hydrogen-bond donors (Lipinski definition) is 1. The summed E-state index contributed by atoms with van der Waals surface area (Å²) < 4.78 is 39.9. The predicted molar refractivity (Wildman–Crippen MR) is 60.8 cm³/mol. The third-order valence-corrected chi connectivity index (χ3v) is 1.79. The SMILES string of the molecule is CC(C)(C)ONCc1cccc(OC(F)(F)F)c1. The van der Waals surface area contributed by atoms with E-state index in [4.69, 9.17) is 4.84 Å². The molecule has 1 rings (SSSR count). The second kappa shape index (κ2) is 5.58. The number of alkyl halides is 3. The van der Waals surface area contributed by atoms with Gasteiger partial charge in [0.25, 0.3) is 0 Å². The van der Waals surface area contributed by atoms with Gasteiger partial charge in [0.1, 0.15) is 5.75 Å². The van der Waals surface area contributed by atoms with E-state index >= 15 is 0 Å². The highest BCUT2D eigenvalue weighted by atomic mass is 19.4. The molecule has 0 amide bonds. The summed E-state index contributed by atoms with van der Waals surface area (Å²) in [5.41, 5.74) is 2.97.